The number of hydrogen-bond acceptors (Lipinski definition) is 4. The molecule has 3 aromatic carbocycles. The maximum atomic E-state index is 13.3. The molecule has 2 fully saturated rings. The number of nitrogens with one attached hydrogen (secondary N) is 3. The highest BCUT2D eigenvalue weighted by molar-refractivity contribution is 6.35. The monoisotopic (exact) mass is 591 g/mol. The largest absolute Gasteiger partial charge is 0.411 e. The minimum Gasteiger partial charge on any atom is -0.344 e. The molecule has 0 heterocycles. The van der Waals surface area contributed by atoms with E-state index in [1.54, 1.807) is 24.3 Å². The van der Waals surface area contributed by atoms with E-state index in [2.05, 4.69) is 41.0 Å². The van der Waals surface area contributed by atoms with Crippen molar-refractivity contribution in [3.8, 4) is 0 Å². The van der Waals surface area contributed by atoms with E-state index in [9.17, 15) is 32.3 Å². The normalized spacial score (nSPS) is 16.4. The molecule has 0 radical (unpaired) electrons. The summed E-state index contributed by atoms with van der Waals surface area (Å²) in [6, 6.07) is 21.5. The van der Waals surface area contributed by atoms with Crippen molar-refractivity contribution in [2.24, 2.45) is 0 Å². The Morgan fingerprint density at radius 3 is 2.21 bits per heavy atom. The van der Waals surface area contributed by atoms with Gasteiger partial charge in [-0.3, -0.25) is 19.2 Å². The molecule has 7 nitrogen and oxygen atoms in total. The van der Waals surface area contributed by atoms with Crippen molar-refractivity contribution in [3.05, 3.63) is 95.6 Å². The molecule has 2 aliphatic rings. The summed E-state index contributed by atoms with van der Waals surface area (Å²) in [6.07, 6.45) is 0.281. The summed E-state index contributed by atoms with van der Waals surface area (Å²) in [5.74, 6) is -2.89. The van der Waals surface area contributed by atoms with Crippen molar-refractivity contribution in [1.29, 1.82) is 0 Å². The minimum absolute atomic E-state index is 0.0233. The van der Waals surface area contributed by atoms with Crippen molar-refractivity contribution in [1.82, 2.24) is 16.0 Å². The third-order valence-corrected chi connectivity index (χ3v) is 8.31. The maximum absolute atomic E-state index is 13.3. The number of carbonyl (C=O) groups excluding carboxylic acids is 4. The lowest BCUT2D eigenvalue weighted by Crippen LogP contribution is -2.47. The molecule has 0 atom stereocenters. The Labute approximate surface area is 246 Å². The number of fused-ring (bicyclic) bond motifs is 1. The van der Waals surface area contributed by atoms with Crippen molar-refractivity contribution in [3.63, 3.8) is 0 Å². The number of amides is 3. The average molecular weight is 592 g/mol. The molecule has 224 valence electrons. The molecule has 0 bridgehead atoms. The van der Waals surface area contributed by atoms with Crippen LogP contribution >= 0.6 is 0 Å². The Hall–Kier alpha value is -4.47. The van der Waals surface area contributed by atoms with Gasteiger partial charge in [0.25, 0.3) is 0 Å². The first kappa shape index (κ1) is 30.0. The average Bonchev–Trinajstić information content (AvgIpc) is 3.93. The Balaban J connectivity index is 1.10. The molecule has 3 amide bonds. The fraction of sp³-hybridized carbons (Fsp3) is 0.333. The number of carbonyl (C=O) groups is 4. The Bertz CT molecular complexity index is 1580. The second kappa shape index (κ2) is 12.0. The number of hydrogen-bond donors (Lipinski definition) is 3. The van der Waals surface area contributed by atoms with Crippen LogP contribution in [0.5, 0.6) is 0 Å². The number of benzene rings is 3. The molecule has 43 heavy (non-hydrogen) atoms. The van der Waals surface area contributed by atoms with Gasteiger partial charge in [0.2, 0.25) is 5.91 Å². The lowest BCUT2D eigenvalue weighted by molar-refractivity contribution is -0.169. The molecule has 0 aromatic heterocycles. The number of Topliss-reactive ketones (excluding diaryl/α,β-unsaturated/α-hetero) is 1. The van der Waals surface area contributed by atoms with E-state index in [4.69, 9.17) is 0 Å². The summed E-state index contributed by atoms with van der Waals surface area (Å²) < 4.78 is 38.8. The van der Waals surface area contributed by atoms with Crippen LogP contribution in [-0.4, -0.2) is 41.8 Å². The number of alkyl halides is 3. The first-order chi connectivity index (χ1) is 20.5. The molecule has 2 aliphatic carbocycles. The fourth-order valence-electron chi connectivity index (χ4n) is 5.46. The van der Waals surface area contributed by atoms with Gasteiger partial charge in [0.15, 0.2) is 5.78 Å². The molecule has 0 unspecified atom stereocenters. The maximum Gasteiger partial charge on any atom is 0.411 e. The third-order valence-electron chi connectivity index (χ3n) is 8.31. The molecule has 5 rings (SSSR count). The molecule has 0 spiro atoms. The zero-order valence-electron chi connectivity index (χ0n) is 23.4. The first-order valence-electron chi connectivity index (χ1n) is 14.2. The Morgan fingerprint density at radius 2 is 1.49 bits per heavy atom. The van der Waals surface area contributed by atoms with Gasteiger partial charge in [-0.2, -0.15) is 13.2 Å². The van der Waals surface area contributed by atoms with Gasteiger partial charge in [0.05, 0.1) is 0 Å². The summed E-state index contributed by atoms with van der Waals surface area (Å²) in [5, 5.41) is 9.11. The van der Waals surface area contributed by atoms with Gasteiger partial charge in [-0.25, -0.2) is 0 Å². The van der Waals surface area contributed by atoms with E-state index >= 15 is 0 Å². The molecule has 3 aromatic rings. The zero-order valence-corrected chi connectivity index (χ0v) is 23.4. The van der Waals surface area contributed by atoms with Gasteiger partial charge in [0, 0.05) is 31.1 Å². The van der Waals surface area contributed by atoms with Crippen LogP contribution < -0.4 is 16.0 Å². The predicted octanol–water partition coefficient (Wildman–Crippen LogP) is 5.03. The van der Waals surface area contributed by atoms with Crippen LogP contribution in [0.3, 0.4) is 0 Å². The van der Waals surface area contributed by atoms with Gasteiger partial charge in [-0.05, 0) is 59.4 Å². The lowest BCUT2D eigenvalue weighted by atomic mass is 9.85. The van der Waals surface area contributed by atoms with Crippen LogP contribution in [0.15, 0.2) is 78.9 Å². The van der Waals surface area contributed by atoms with Crippen LogP contribution in [-0.2, 0) is 26.3 Å². The topological polar surface area (TPSA) is 104 Å². The summed E-state index contributed by atoms with van der Waals surface area (Å²) >= 11 is 0. The predicted molar refractivity (Wildman–Crippen MR) is 155 cm³/mol. The SMILES string of the molecule is O=C(/C=C/CNC(=O)C(=O)NCc1ccccc1C(=O)CCC1(c2cccc3ccccc23)CC1)NC1(C(F)(F)F)CC1. The lowest BCUT2D eigenvalue weighted by Gasteiger charge is -2.19. The fourth-order valence-corrected chi connectivity index (χ4v) is 5.46. The van der Waals surface area contributed by atoms with E-state index in [0.29, 0.717) is 24.0 Å². The minimum atomic E-state index is -4.52. The van der Waals surface area contributed by atoms with Crippen molar-refractivity contribution in [2.75, 3.05) is 6.54 Å². The van der Waals surface area contributed by atoms with Crippen molar-refractivity contribution >= 4 is 34.3 Å². The van der Waals surface area contributed by atoms with Gasteiger partial charge in [0.1, 0.15) is 5.54 Å². The Kier molecular flexibility index (Phi) is 8.39. The Morgan fingerprint density at radius 1 is 0.814 bits per heavy atom. The standard InChI is InChI=1S/C33H32F3N3O4/c34-33(35,36)32(18-19-32)39-28(41)13-6-20-37-29(42)30(43)38-21-23-8-2-4-11-25(23)27(40)14-15-31(16-17-31)26-12-5-9-22-7-1-3-10-24(22)26/h1-13H,14-21H2,(H,37,42)(H,38,43)(H,39,41)/b13-6+. The van der Waals surface area contributed by atoms with Gasteiger partial charge < -0.3 is 16.0 Å². The third kappa shape index (κ3) is 6.79. The molecule has 2 saturated carbocycles. The van der Waals surface area contributed by atoms with E-state index < -0.39 is 29.4 Å². The summed E-state index contributed by atoms with van der Waals surface area (Å²) in [7, 11) is 0. The molecule has 10 heteroatoms. The zero-order chi connectivity index (χ0) is 30.7. The van der Waals surface area contributed by atoms with Gasteiger partial charge in [-0.1, -0.05) is 72.8 Å². The number of ketones is 1. The smallest absolute Gasteiger partial charge is 0.344 e. The highest BCUT2D eigenvalue weighted by Crippen LogP contribution is 2.53. The first-order valence-corrected chi connectivity index (χ1v) is 14.2. The van der Waals surface area contributed by atoms with E-state index in [1.165, 1.54) is 16.3 Å². The number of halogens is 3. The number of rotatable bonds is 11. The molecular formula is C33H32F3N3O4. The molecule has 3 N–H and O–H groups in total. The summed E-state index contributed by atoms with van der Waals surface area (Å²) in [4.78, 5) is 49.6. The van der Waals surface area contributed by atoms with Crippen LogP contribution in [0.4, 0.5) is 13.2 Å². The molecule has 0 saturated heterocycles. The van der Waals surface area contributed by atoms with Crippen LogP contribution in [0.25, 0.3) is 10.8 Å². The van der Waals surface area contributed by atoms with Crippen molar-refractivity contribution < 1.29 is 32.3 Å². The van der Waals surface area contributed by atoms with Gasteiger partial charge in [-0.15, -0.1) is 0 Å². The van der Waals surface area contributed by atoms with Crippen LogP contribution in [0, 0.1) is 0 Å². The van der Waals surface area contributed by atoms with E-state index in [0.717, 1.165) is 25.0 Å². The molecular weight excluding hydrogens is 559 g/mol. The quantitative estimate of drug-likeness (QED) is 0.165. The highest BCUT2D eigenvalue weighted by Gasteiger charge is 2.64. The second-order valence-corrected chi connectivity index (χ2v) is 11.3. The van der Waals surface area contributed by atoms with Crippen molar-refractivity contribution in [2.45, 2.75) is 62.2 Å². The highest BCUT2D eigenvalue weighted by atomic mass is 19.4. The van der Waals surface area contributed by atoms with E-state index in [1.807, 2.05) is 17.4 Å². The van der Waals surface area contributed by atoms with Crippen LogP contribution in [0.2, 0.25) is 0 Å². The van der Waals surface area contributed by atoms with Gasteiger partial charge >= 0.3 is 18.0 Å². The summed E-state index contributed by atoms with van der Waals surface area (Å²) in [5.41, 5.74) is 0.140. The van der Waals surface area contributed by atoms with E-state index in [-0.39, 0.29) is 37.1 Å². The summed E-state index contributed by atoms with van der Waals surface area (Å²) in [6.45, 7) is -0.271. The van der Waals surface area contributed by atoms with Crippen LogP contribution in [0.1, 0.15) is 60.0 Å². The molecule has 0 aliphatic heterocycles. The second-order valence-electron chi connectivity index (χ2n) is 11.3.